The molecule has 2 rings (SSSR count). The van der Waals surface area contributed by atoms with Gasteiger partial charge < -0.3 is 24.8 Å². The van der Waals surface area contributed by atoms with Crippen molar-refractivity contribution in [2.45, 2.75) is 34.6 Å². The molecule has 0 unspecified atom stereocenters. The largest absolute Gasteiger partial charge is 0.463 e. The number of dihydropyridines is 1. The molecule has 1 heterocycles. The molecule has 10 heteroatoms. The van der Waals surface area contributed by atoms with E-state index in [-0.39, 0.29) is 24.4 Å². The van der Waals surface area contributed by atoms with Crippen molar-refractivity contribution in [3.8, 4) is 0 Å². The van der Waals surface area contributed by atoms with Crippen LogP contribution >= 0.6 is 15.9 Å². The first-order chi connectivity index (χ1) is 15.6. The highest BCUT2D eigenvalue weighted by molar-refractivity contribution is 9.10. The summed E-state index contributed by atoms with van der Waals surface area (Å²) in [6, 6.07) is 5.23. The van der Waals surface area contributed by atoms with Crippen molar-refractivity contribution in [1.82, 2.24) is 5.32 Å². The van der Waals surface area contributed by atoms with E-state index in [1.54, 1.807) is 45.9 Å². The molecule has 0 aromatic heterocycles. The fraction of sp³-hybridized carbons (Fsp3) is 0.391. The van der Waals surface area contributed by atoms with Crippen molar-refractivity contribution in [2.24, 2.45) is 5.92 Å². The lowest BCUT2D eigenvalue weighted by atomic mass is 9.85. The summed E-state index contributed by atoms with van der Waals surface area (Å²) < 4.78 is 16.3. The molecule has 0 fully saturated rings. The number of hydrogen-bond donors (Lipinski definition) is 2. The molecule has 0 spiro atoms. The van der Waals surface area contributed by atoms with Crippen LogP contribution in [0.25, 0.3) is 0 Å². The van der Waals surface area contributed by atoms with E-state index in [2.05, 4.69) is 26.6 Å². The SMILES string of the molecule is CCOC(=O)C1=C(C)NC(C)=C(C(=O)OCC)C1C(=O)OCC(=O)Nc1ccc(Br)c(C)c1. The zero-order chi connectivity index (χ0) is 24.7. The Balaban J connectivity index is 2.25. The summed E-state index contributed by atoms with van der Waals surface area (Å²) in [4.78, 5) is 50.6. The summed E-state index contributed by atoms with van der Waals surface area (Å²) in [5.74, 6) is -4.45. The molecule has 1 amide bonds. The standard InChI is InChI=1S/C23H27BrN2O7/c1-6-31-21(28)18-13(4)25-14(5)19(22(29)32-7-2)20(18)23(30)33-11-17(27)26-15-8-9-16(24)12(3)10-15/h8-10,20,25H,6-7,11H2,1-5H3,(H,26,27). The molecule has 0 bridgehead atoms. The Morgan fingerprint density at radius 3 is 1.97 bits per heavy atom. The minimum Gasteiger partial charge on any atom is -0.463 e. The van der Waals surface area contributed by atoms with E-state index < -0.39 is 36.3 Å². The second-order valence-corrected chi connectivity index (χ2v) is 8.05. The molecule has 1 aromatic rings. The van der Waals surface area contributed by atoms with Crippen LogP contribution in [0, 0.1) is 12.8 Å². The minimum absolute atomic E-state index is 0.0700. The van der Waals surface area contributed by atoms with Crippen molar-refractivity contribution >= 4 is 45.4 Å². The molecular formula is C23H27BrN2O7. The van der Waals surface area contributed by atoms with E-state index in [1.165, 1.54) is 0 Å². The van der Waals surface area contributed by atoms with Crippen LogP contribution in [0.15, 0.2) is 45.2 Å². The normalized spacial score (nSPS) is 13.9. The van der Waals surface area contributed by atoms with E-state index in [9.17, 15) is 19.2 Å². The maximum atomic E-state index is 13.1. The molecular weight excluding hydrogens is 496 g/mol. The number of aryl methyl sites for hydroxylation is 1. The molecule has 178 valence electrons. The van der Waals surface area contributed by atoms with Gasteiger partial charge in [-0.3, -0.25) is 9.59 Å². The average molecular weight is 523 g/mol. The number of halogens is 1. The summed E-state index contributed by atoms with van der Waals surface area (Å²) in [6.45, 7) is 7.82. The van der Waals surface area contributed by atoms with Crippen LogP contribution < -0.4 is 10.6 Å². The number of ether oxygens (including phenoxy) is 3. The van der Waals surface area contributed by atoms with Crippen molar-refractivity contribution < 1.29 is 33.4 Å². The number of hydrogen-bond acceptors (Lipinski definition) is 8. The number of carbonyl (C=O) groups is 4. The smallest absolute Gasteiger partial charge is 0.337 e. The topological polar surface area (TPSA) is 120 Å². The van der Waals surface area contributed by atoms with Gasteiger partial charge in [-0.05, 0) is 58.4 Å². The second kappa shape index (κ2) is 11.6. The maximum Gasteiger partial charge on any atom is 0.337 e. The van der Waals surface area contributed by atoms with Gasteiger partial charge in [0, 0.05) is 21.6 Å². The summed E-state index contributed by atoms with van der Waals surface area (Å²) >= 11 is 3.38. The second-order valence-electron chi connectivity index (χ2n) is 7.20. The van der Waals surface area contributed by atoms with Gasteiger partial charge in [0.05, 0.1) is 24.4 Å². The van der Waals surface area contributed by atoms with E-state index in [4.69, 9.17) is 14.2 Å². The van der Waals surface area contributed by atoms with Crippen LogP contribution in [0.2, 0.25) is 0 Å². The third kappa shape index (κ3) is 6.44. The monoisotopic (exact) mass is 522 g/mol. The van der Waals surface area contributed by atoms with Gasteiger partial charge in [-0.25, -0.2) is 9.59 Å². The Kier molecular flexibility index (Phi) is 9.22. The molecule has 0 aliphatic carbocycles. The molecule has 1 aromatic carbocycles. The van der Waals surface area contributed by atoms with E-state index in [0.717, 1.165) is 10.0 Å². The highest BCUT2D eigenvalue weighted by Crippen LogP contribution is 2.32. The number of nitrogens with one attached hydrogen (secondary N) is 2. The van der Waals surface area contributed by atoms with E-state index >= 15 is 0 Å². The van der Waals surface area contributed by atoms with Crippen LogP contribution in [0.5, 0.6) is 0 Å². The van der Waals surface area contributed by atoms with Crippen molar-refractivity contribution in [3.05, 3.63) is 50.8 Å². The van der Waals surface area contributed by atoms with Gasteiger partial charge >= 0.3 is 17.9 Å². The van der Waals surface area contributed by atoms with Crippen LogP contribution in [0.1, 0.15) is 33.3 Å². The number of benzene rings is 1. The van der Waals surface area contributed by atoms with Gasteiger partial charge in [0.15, 0.2) is 6.61 Å². The molecule has 0 radical (unpaired) electrons. The number of carbonyl (C=O) groups excluding carboxylic acids is 4. The van der Waals surface area contributed by atoms with Gasteiger partial charge in [-0.1, -0.05) is 15.9 Å². The highest BCUT2D eigenvalue weighted by atomic mass is 79.9. The van der Waals surface area contributed by atoms with Gasteiger partial charge in [0.1, 0.15) is 5.92 Å². The lowest BCUT2D eigenvalue weighted by Gasteiger charge is -2.28. The number of esters is 3. The first kappa shape index (κ1) is 26.1. The van der Waals surface area contributed by atoms with Gasteiger partial charge in [0.2, 0.25) is 0 Å². The zero-order valence-corrected chi connectivity index (χ0v) is 20.8. The Morgan fingerprint density at radius 1 is 0.939 bits per heavy atom. The summed E-state index contributed by atoms with van der Waals surface area (Å²) in [5, 5.41) is 5.55. The fourth-order valence-electron chi connectivity index (χ4n) is 3.33. The van der Waals surface area contributed by atoms with Gasteiger partial charge in [-0.15, -0.1) is 0 Å². The predicted molar refractivity (Wildman–Crippen MR) is 124 cm³/mol. The first-order valence-corrected chi connectivity index (χ1v) is 11.1. The lowest BCUT2D eigenvalue weighted by Crippen LogP contribution is -2.39. The summed E-state index contributed by atoms with van der Waals surface area (Å²) in [5.41, 5.74) is 1.99. The molecule has 1 aliphatic heterocycles. The third-order valence-corrected chi connectivity index (χ3v) is 5.66. The number of rotatable bonds is 8. The van der Waals surface area contributed by atoms with Crippen LogP contribution in [-0.2, 0) is 33.4 Å². The molecule has 33 heavy (non-hydrogen) atoms. The van der Waals surface area contributed by atoms with Crippen LogP contribution in [0.3, 0.4) is 0 Å². The quantitative estimate of drug-likeness (QED) is 0.394. The fourth-order valence-corrected chi connectivity index (χ4v) is 3.57. The third-order valence-electron chi connectivity index (χ3n) is 4.77. The van der Waals surface area contributed by atoms with E-state index in [0.29, 0.717) is 17.1 Å². The summed E-state index contributed by atoms with van der Waals surface area (Å²) in [7, 11) is 0. The Bertz CT molecular complexity index is 990. The predicted octanol–water partition coefficient (Wildman–Crippen LogP) is 3.13. The van der Waals surface area contributed by atoms with Crippen molar-refractivity contribution in [1.29, 1.82) is 0 Å². The van der Waals surface area contributed by atoms with Crippen molar-refractivity contribution in [3.63, 3.8) is 0 Å². The molecule has 0 saturated heterocycles. The molecule has 9 nitrogen and oxygen atoms in total. The zero-order valence-electron chi connectivity index (χ0n) is 19.2. The van der Waals surface area contributed by atoms with Crippen molar-refractivity contribution in [2.75, 3.05) is 25.1 Å². The Labute approximate surface area is 200 Å². The Hall–Kier alpha value is -3.14. The van der Waals surface area contributed by atoms with Gasteiger partial charge in [-0.2, -0.15) is 0 Å². The summed E-state index contributed by atoms with van der Waals surface area (Å²) in [6.07, 6.45) is 0. The number of amides is 1. The molecule has 0 saturated carbocycles. The van der Waals surface area contributed by atoms with Gasteiger partial charge in [0.25, 0.3) is 5.91 Å². The average Bonchev–Trinajstić information content (AvgIpc) is 2.74. The maximum absolute atomic E-state index is 13.1. The minimum atomic E-state index is -1.40. The molecule has 0 atom stereocenters. The number of allylic oxidation sites excluding steroid dienone is 2. The highest BCUT2D eigenvalue weighted by Gasteiger charge is 2.42. The molecule has 1 aliphatic rings. The molecule has 2 N–H and O–H groups in total. The number of anilines is 1. The first-order valence-electron chi connectivity index (χ1n) is 10.4. The van der Waals surface area contributed by atoms with Crippen LogP contribution in [0.4, 0.5) is 5.69 Å². The van der Waals surface area contributed by atoms with E-state index in [1.807, 2.05) is 6.92 Å². The van der Waals surface area contributed by atoms with Crippen LogP contribution in [-0.4, -0.2) is 43.6 Å². The lowest BCUT2D eigenvalue weighted by molar-refractivity contribution is -0.153. The Morgan fingerprint density at radius 2 is 1.48 bits per heavy atom.